The van der Waals surface area contributed by atoms with Crippen LogP contribution >= 0.6 is 0 Å². The summed E-state index contributed by atoms with van der Waals surface area (Å²) in [5, 5.41) is 5.29. The first kappa shape index (κ1) is 29.0. The minimum atomic E-state index is 0.369. The molecule has 1 nitrogen and oxygen atoms in total. The Hall–Kier alpha value is -4.62. The van der Waals surface area contributed by atoms with Crippen LogP contribution in [-0.2, 0) is 0 Å². The van der Waals surface area contributed by atoms with Gasteiger partial charge in [-0.25, -0.2) is 0 Å². The summed E-state index contributed by atoms with van der Waals surface area (Å²) >= 11 is 0. The first-order valence-corrected chi connectivity index (χ1v) is 19.8. The molecule has 8 atom stereocenters. The van der Waals surface area contributed by atoms with Gasteiger partial charge in [-0.3, -0.25) is 0 Å². The van der Waals surface area contributed by atoms with E-state index in [9.17, 15) is 0 Å². The predicted octanol–water partition coefficient (Wildman–Crippen LogP) is 12.9. The molecular weight excluding hydrogens is 615 g/mol. The normalized spacial score (nSPS) is 33.5. The van der Waals surface area contributed by atoms with Crippen LogP contribution in [0.4, 0.5) is 11.4 Å². The fraction of sp³-hybridized carbons (Fsp3) is 0.320. The molecule has 0 aliphatic heterocycles. The average molecular weight is 660 g/mol. The second-order valence-corrected chi connectivity index (χ2v) is 17.3. The summed E-state index contributed by atoms with van der Waals surface area (Å²) in [4.78, 5) is 2.62. The highest BCUT2D eigenvalue weighted by molar-refractivity contribution is 6.13. The van der Waals surface area contributed by atoms with Gasteiger partial charge >= 0.3 is 0 Å². The van der Waals surface area contributed by atoms with E-state index in [2.05, 4.69) is 145 Å². The van der Waals surface area contributed by atoms with Crippen molar-refractivity contribution in [2.45, 2.75) is 51.9 Å². The average Bonchev–Trinajstić information content (AvgIpc) is 3.64. The molecule has 1 heteroatoms. The van der Waals surface area contributed by atoms with Crippen LogP contribution in [-0.4, -0.2) is 0 Å². The fourth-order valence-electron chi connectivity index (χ4n) is 13.9. The highest BCUT2D eigenvalue weighted by atomic mass is 15.2. The van der Waals surface area contributed by atoms with Gasteiger partial charge in [-0.1, -0.05) is 114 Å². The summed E-state index contributed by atoms with van der Waals surface area (Å²) in [5.41, 5.74) is 12.4. The van der Waals surface area contributed by atoms with Crippen molar-refractivity contribution in [2.24, 2.45) is 46.3 Å². The van der Waals surface area contributed by atoms with Gasteiger partial charge in [-0.15, -0.1) is 0 Å². The Morgan fingerprint density at radius 2 is 1.47 bits per heavy atom. The Balaban J connectivity index is 1.01. The molecule has 0 amide bonds. The number of hydrogen-bond donors (Lipinski definition) is 0. The maximum absolute atomic E-state index is 2.68. The largest absolute Gasteiger partial charge is 0.311 e. The number of allylic oxidation sites excluding steroid dienone is 7. The minimum absolute atomic E-state index is 0.369. The number of fused-ring (bicyclic) bond motifs is 11. The first-order valence-electron chi connectivity index (χ1n) is 19.8. The van der Waals surface area contributed by atoms with Crippen LogP contribution in [0.1, 0.15) is 50.5 Å². The molecule has 0 aromatic heterocycles. The molecule has 3 bridgehead atoms. The molecule has 0 radical (unpaired) electrons. The number of hydrogen-bond acceptors (Lipinski definition) is 1. The number of benzene rings is 5. The number of rotatable bonds is 4. The Bertz CT molecular complexity index is 2410. The summed E-state index contributed by atoms with van der Waals surface area (Å²) in [6.45, 7) is 2.20. The van der Waals surface area contributed by atoms with E-state index in [0.29, 0.717) is 22.7 Å². The van der Waals surface area contributed by atoms with Crippen LogP contribution in [0, 0.1) is 53.3 Å². The van der Waals surface area contributed by atoms with E-state index in [1.54, 1.807) is 5.57 Å². The van der Waals surface area contributed by atoms with Crippen molar-refractivity contribution in [3.8, 4) is 11.1 Å². The molecule has 7 unspecified atom stereocenters. The van der Waals surface area contributed by atoms with Crippen molar-refractivity contribution in [3.63, 3.8) is 0 Å². The molecule has 250 valence electrons. The molecule has 5 aromatic carbocycles. The van der Waals surface area contributed by atoms with Crippen molar-refractivity contribution < 1.29 is 0 Å². The van der Waals surface area contributed by atoms with Gasteiger partial charge in [0.15, 0.2) is 0 Å². The number of para-hydroxylation sites is 1. The third-order valence-electron chi connectivity index (χ3n) is 15.4. The van der Waals surface area contributed by atoms with Gasteiger partial charge in [0, 0.05) is 28.4 Å². The van der Waals surface area contributed by atoms with Gasteiger partial charge < -0.3 is 4.90 Å². The number of aryl methyl sites for hydroxylation is 1. The maximum atomic E-state index is 2.68. The molecule has 4 saturated carbocycles. The van der Waals surface area contributed by atoms with Crippen LogP contribution in [0.25, 0.3) is 32.7 Å². The van der Waals surface area contributed by atoms with Crippen molar-refractivity contribution in [1.29, 1.82) is 0 Å². The zero-order valence-corrected chi connectivity index (χ0v) is 29.6. The molecule has 2 spiro atoms. The van der Waals surface area contributed by atoms with Gasteiger partial charge in [-0.2, -0.15) is 0 Å². The summed E-state index contributed by atoms with van der Waals surface area (Å²) in [6, 6.07) is 39.0. The molecule has 5 aromatic rings. The summed E-state index contributed by atoms with van der Waals surface area (Å²) < 4.78 is 0. The maximum Gasteiger partial charge on any atom is 0.0462 e. The highest BCUT2D eigenvalue weighted by Crippen LogP contribution is 2.85. The summed E-state index contributed by atoms with van der Waals surface area (Å²) in [6.07, 6.45) is 22.6. The molecular formula is C50H45N. The van der Waals surface area contributed by atoms with Crippen molar-refractivity contribution in [3.05, 3.63) is 156 Å². The molecule has 7 aliphatic rings. The van der Waals surface area contributed by atoms with Crippen molar-refractivity contribution in [1.82, 2.24) is 0 Å². The van der Waals surface area contributed by atoms with Crippen LogP contribution in [0.15, 0.2) is 150 Å². The molecule has 0 N–H and O–H groups in total. The van der Waals surface area contributed by atoms with Gasteiger partial charge in [0.05, 0.1) is 0 Å². The molecule has 7 aliphatic carbocycles. The lowest BCUT2D eigenvalue weighted by molar-refractivity contribution is -0.0565. The quantitative estimate of drug-likeness (QED) is 0.174. The lowest BCUT2D eigenvalue weighted by atomic mass is 9.47. The number of nitrogens with zero attached hydrogens (tertiary/aromatic N) is 1. The van der Waals surface area contributed by atoms with Gasteiger partial charge in [0.25, 0.3) is 0 Å². The van der Waals surface area contributed by atoms with E-state index in [-0.39, 0.29) is 0 Å². The SMILES string of the molecule is Cc1ccc2c(c1)cc(-c1ccc(N(C3=CCCC4=C3C3C=CC=CC3C43C4CC5CC6CC3[C@]6(C5)C4)c3ccccc3)cc1)c1ccccc12. The zero-order valence-electron chi connectivity index (χ0n) is 29.6. The second-order valence-electron chi connectivity index (χ2n) is 17.3. The predicted molar refractivity (Wildman–Crippen MR) is 212 cm³/mol. The standard InChI is InChI=1S/C50H45N/c1-31-18-23-39-34(24-31)27-43(41-13-6-5-12-40(39)41)33-19-21-38(22-20-33)51(37-10-3-2-4-11-37)46-17-9-16-45-48(46)42-14-7-8-15-44(42)50(45)36-26-32-25-35-28-47(50)49(35,29-32)30-36/h2-8,10-15,17-24,27,32,35-36,42,44,47H,9,16,25-26,28-30H2,1H3/t32?,35?,36?,42?,44?,47?,49-,50?/m1/s1. The van der Waals surface area contributed by atoms with Crippen LogP contribution in [0.2, 0.25) is 0 Å². The zero-order chi connectivity index (χ0) is 33.5. The molecule has 0 saturated heterocycles. The van der Waals surface area contributed by atoms with E-state index in [1.165, 1.54) is 93.8 Å². The lowest BCUT2D eigenvalue weighted by Gasteiger charge is -2.56. The molecule has 51 heavy (non-hydrogen) atoms. The van der Waals surface area contributed by atoms with E-state index in [4.69, 9.17) is 0 Å². The molecule has 0 heterocycles. The highest BCUT2D eigenvalue weighted by Gasteiger charge is 2.78. The Kier molecular flexibility index (Phi) is 5.83. The van der Waals surface area contributed by atoms with Gasteiger partial charge in [0.1, 0.15) is 0 Å². The summed E-state index contributed by atoms with van der Waals surface area (Å²) in [5.74, 6) is 4.87. The van der Waals surface area contributed by atoms with Crippen LogP contribution in [0.3, 0.4) is 0 Å². The van der Waals surface area contributed by atoms with Gasteiger partial charge in [0.2, 0.25) is 0 Å². The minimum Gasteiger partial charge on any atom is -0.311 e. The van der Waals surface area contributed by atoms with E-state index in [0.717, 1.165) is 30.1 Å². The smallest absolute Gasteiger partial charge is 0.0462 e. The molecule has 4 fully saturated rings. The Morgan fingerprint density at radius 3 is 2.35 bits per heavy atom. The fourth-order valence-corrected chi connectivity index (χ4v) is 13.9. The molecule has 12 rings (SSSR count). The van der Waals surface area contributed by atoms with Crippen molar-refractivity contribution in [2.75, 3.05) is 4.90 Å². The Labute approximate surface area is 302 Å². The van der Waals surface area contributed by atoms with Crippen molar-refractivity contribution >= 4 is 32.9 Å². The van der Waals surface area contributed by atoms with Crippen LogP contribution in [0.5, 0.6) is 0 Å². The van der Waals surface area contributed by atoms with E-state index >= 15 is 0 Å². The Morgan fingerprint density at radius 1 is 0.686 bits per heavy atom. The lowest BCUT2D eigenvalue weighted by Crippen LogP contribution is -2.51. The van der Waals surface area contributed by atoms with E-state index < -0.39 is 0 Å². The first-order chi connectivity index (χ1) is 25.1. The summed E-state index contributed by atoms with van der Waals surface area (Å²) in [7, 11) is 0. The monoisotopic (exact) mass is 659 g/mol. The topological polar surface area (TPSA) is 3.24 Å². The second kappa shape index (κ2) is 10.3. The van der Waals surface area contributed by atoms with E-state index in [1.807, 2.05) is 5.57 Å². The van der Waals surface area contributed by atoms with Gasteiger partial charge in [-0.05, 0) is 155 Å². The number of anilines is 2. The third-order valence-corrected chi connectivity index (χ3v) is 15.4. The van der Waals surface area contributed by atoms with Crippen LogP contribution < -0.4 is 4.90 Å². The third kappa shape index (κ3) is 3.68.